The van der Waals surface area contributed by atoms with Crippen LogP contribution in [0.1, 0.15) is 22.3 Å². The van der Waals surface area contributed by atoms with Crippen molar-refractivity contribution in [2.45, 2.75) is 19.6 Å². The smallest absolute Gasteiger partial charge is 0.335 e. The van der Waals surface area contributed by atoms with Crippen molar-refractivity contribution in [3.63, 3.8) is 0 Å². The summed E-state index contributed by atoms with van der Waals surface area (Å²) in [5.41, 5.74) is 3.10. The molecule has 8 nitrogen and oxygen atoms in total. The summed E-state index contributed by atoms with van der Waals surface area (Å²) in [6.45, 7) is 4.41. The Morgan fingerprint density at radius 3 is 2.30 bits per heavy atom. The van der Waals surface area contributed by atoms with Gasteiger partial charge in [-0.3, -0.25) is 14.9 Å². The van der Waals surface area contributed by atoms with Gasteiger partial charge in [0.15, 0.2) is 11.5 Å². The van der Waals surface area contributed by atoms with Gasteiger partial charge in [0.1, 0.15) is 24.5 Å². The van der Waals surface area contributed by atoms with Gasteiger partial charge in [-0.25, -0.2) is 9.69 Å². The van der Waals surface area contributed by atoms with Crippen LogP contribution >= 0.6 is 11.6 Å². The fourth-order valence-corrected chi connectivity index (χ4v) is 4.84. The summed E-state index contributed by atoms with van der Waals surface area (Å²) >= 11 is 6.30. The van der Waals surface area contributed by atoms with Gasteiger partial charge < -0.3 is 14.2 Å². The zero-order valence-electron chi connectivity index (χ0n) is 23.9. The number of amides is 4. The highest BCUT2D eigenvalue weighted by atomic mass is 35.5. The Labute approximate surface area is 260 Å². The maximum Gasteiger partial charge on any atom is 0.335 e. The van der Waals surface area contributed by atoms with Crippen molar-refractivity contribution in [3.8, 4) is 17.2 Å². The number of halogens is 1. The van der Waals surface area contributed by atoms with E-state index in [0.717, 1.165) is 21.6 Å². The number of carbonyl (C=O) groups excluding carboxylic acids is 3. The minimum absolute atomic E-state index is 0.203. The zero-order valence-corrected chi connectivity index (χ0v) is 24.7. The Kier molecular flexibility index (Phi) is 9.42. The second-order valence-electron chi connectivity index (χ2n) is 9.81. The number of hydrogen-bond acceptors (Lipinski definition) is 6. The molecule has 4 aromatic rings. The van der Waals surface area contributed by atoms with Gasteiger partial charge in [0.05, 0.1) is 12.8 Å². The van der Waals surface area contributed by atoms with Gasteiger partial charge in [-0.2, -0.15) is 0 Å². The molecule has 0 saturated carbocycles. The highest BCUT2D eigenvalue weighted by Gasteiger charge is 2.37. The van der Waals surface area contributed by atoms with E-state index in [1.165, 1.54) is 13.2 Å². The second kappa shape index (κ2) is 13.8. The molecule has 0 unspecified atom stereocenters. The number of anilines is 1. The number of allylic oxidation sites excluding steroid dienone is 1. The Hall–Kier alpha value is -5.34. The summed E-state index contributed by atoms with van der Waals surface area (Å²) in [5, 5.41) is 2.83. The Morgan fingerprint density at radius 1 is 0.864 bits per heavy atom. The average molecular weight is 609 g/mol. The van der Waals surface area contributed by atoms with Gasteiger partial charge in [-0.15, -0.1) is 6.58 Å². The third-order valence-corrected chi connectivity index (χ3v) is 7.19. The van der Waals surface area contributed by atoms with Crippen LogP contribution in [-0.4, -0.2) is 25.0 Å². The SMILES string of the molecule is C=CCc1cc(/C=C2\C(=O)NC(=O)N(c3ccc(OCc4ccccc4)cc3)C2=O)cc(OC)c1OCc1ccccc1Cl. The number of carbonyl (C=O) groups is 3. The molecule has 44 heavy (non-hydrogen) atoms. The van der Waals surface area contributed by atoms with E-state index in [0.29, 0.717) is 40.9 Å². The van der Waals surface area contributed by atoms with Crippen LogP contribution in [0.2, 0.25) is 5.02 Å². The number of imide groups is 2. The molecule has 0 atom stereocenters. The van der Waals surface area contributed by atoms with Crippen molar-refractivity contribution < 1.29 is 28.6 Å². The number of ether oxygens (including phenoxy) is 3. The van der Waals surface area contributed by atoms with Crippen LogP contribution in [0.3, 0.4) is 0 Å². The van der Waals surface area contributed by atoms with Crippen molar-refractivity contribution >= 4 is 41.2 Å². The first kappa shape index (κ1) is 30.1. The molecule has 4 amide bonds. The molecule has 1 N–H and O–H groups in total. The van der Waals surface area contributed by atoms with E-state index in [2.05, 4.69) is 11.9 Å². The number of barbiturate groups is 1. The minimum Gasteiger partial charge on any atom is -0.493 e. The van der Waals surface area contributed by atoms with Crippen molar-refractivity contribution in [1.82, 2.24) is 5.32 Å². The summed E-state index contributed by atoms with van der Waals surface area (Å²) in [6, 6.07) is 26.1. The lowest BCUT2D eigenvalue weighted by Gasteiger charge is -2.26. The van der Waals surface area contributed by atoms with Gasteiger partial charge in [0.2, 0.25) is 0 Å². The fraction of sp³-hybridized carbons (Fsp3) is 0.114. The van der Waals surface area contributed by atoms with Crippen molar-refractivity contribution in [1.29, 1.82) is 0 Å². The standard InChI is InChI=1S/C35H29ClN2O6/c1-3-9-25-18-24(20-31(42-2)32(25)44-22-26-12-7-8-13-30(26)36)19-29-33(39)37-35(41)38(34(29)40)27-14-16-28(17-15-27)43-21-23-10-5-4-6-11-23/h3-8,10-20H,1,9,21-22H2,2H3,(H,37,39,41)/b29-19+. The summed E-state index contributed by atoms with van der Waals surface area (Å²) in [7, 11) is 1.50. The van der Waals surface area contributed by atoms with Crippen LogP contribution < -0.4 is 24.4 Å². The van der Waals surface area contributed by atoms with E-state index < -0.39 is 17.8 Å². The maximum atomic E-state index is 13.5. The monoisotopic (exact) mass is 608 g/mol. The molecule has 1 heterocycles. The van der Waals surface area contributed by atoms with Crippen LogP contribution in [0.5, 0.6) is 17.2 Å². The van der Waals surface area contributed by atoms with Gasteiger partial charge in [-0.05, 0) is 66.1 Å². The van der Waals surface area contributed by atoms with Gasteiger partial charge >= 0.3 is 6.03 Å². The third-order valence-electron chi connectivity index (χ3n) is 6.82. The number of hydrogen-bond donors (Lipinski definition) is 1. The first-order valence-corrected chi connectivity index (χ1v) is 14.1. The second-order valence-corrected chi connectivity index (χ2v) is 10.2. The Bertz CT molecular complexity index is 1730. The van der Waals surface area contributed by atoms with Crippen LogP contribution in [0.4, 0.5) is 10.5 Å². The first-order chi connectivity index (χ1) is 21.4. The third kappa shape index (κ3) is 6.82. The molecule has 0 aliphatic carbocycles. The van der Waals surface area contributed by atoms with Crippen molar-refractivity contribution in [2.24, 2.45) is 0 Å². The molecule has 1 fully saturated rings. The molecule has 0 spiro atoms. The lowest BCUT2D eigenvalue weighted by atomic mass is 10.0. The van der Waals surface area contributed by atoms with E-state index in [1.54, 1.807) is 48.5 Å². The number of nitrogens with zero attached hydrogens (tertiary/aromatic N) is 1. The van der Waals surface area contributed by atoms with Crippen molar-refractivity contribution in [3.05, 3.63) is 137 Å². The predicted molar refractivity (Wildman–Crippen MR) is 169 cm³/mol. The summed E-state index contributed by atoms with van der Waals surface area (Å²) in [5.74, 6) is -0.124. The quantitative estimate of drug-likeness (QED) is 0.113. The van der Waals surface area contributed by atoms with E-state index >= 15 is 0 Å². The summed E-state index contributed by atoms with van der Waals surface area (Å²) in [4.78, 5) is 40.0. The lowest BCUT2D eigenvalue weighted by molar-refractivity contribution is -0.122. The molecule has 4 aromatic carbocycles. The van der Waals surface area contributed by atoms with E-state index in [-0.39, 0.29) is 17.9 Å². The minimum atomic E-state index is -0.844. The highest BCUT2D eigenvalue weighted by molar-refractivity contribution is 6.39. The van der Waals surface area contributed by atoms with Crippen LogP contribution in [0, 0.1) is 0 Å². The molecule has 0 aromatic heterocycles. The Balaban J connectivity index is 1.39. The molecule has 1 aliphatic heterocycles. The molecule has 9 heteroatoms. The number of nitrogens with one attached hydrogen (secondary N) is 1. The summed E-state index contributed by atoms with van der Waals surface area (Å²) in [6.07, 6.45) is 3.55. The van der Waals surface area contributed by atoms with Gasteiger partial charge in [0.25, 0.3) is 11.8 Å². The molecule has 222 valence electrons. The molecule has 1 aliphatic rings. The largest absolute Gasteiger partial charge is 0.493 e. The molecule has 5 rings (SSSR count). The van der Waals surface area contributed by atoms with Gasteiger partial charge in [0, 0.05) is 16.1 Å². The normalized spacial score (nSPS) is 13.9. The fourth-order valence-electron chi connectivity index (χ4n) is 4.65. The zero-order chi connectivity index (χ0) is 31.1. The van der Waals surface area contributed by atoms with Crippen LogP contribution in [0.15, 0.2) is 109 Å². The average Bonchev–Trinajstić information content (AvgIpc) is 3.03. The van der Waals surface area contributed by atoms with Crippen LogP contribution in [-0.2, 0) is 29.2 Å². The lowest BCUT2D eigenvalue weighted by Crippen LogP contribution is -2.54. The van der Waals surface area contributed by atoms with E-state index in [1.807, 2.05) is 48.5 Å². The summed E-state index contributed by atoms with van der Waals surface area (Å²) < 4.78 is 17.5. The molecule has 0 bridgehead atoms. The van der Waals surface area contributed by atoms with Crippen LogP contribution in [0.25, 0.3) is 6.08 Å². The predicted octanol–water partition coefficient (Wildman–Crippen LogP) is 6.90. The van der Waals surface area contributed by atoms with Crippen molar-refractivity contribution in [2.75, 3.05) is 12.0 Å². The number of benzene rings is 4. The highest BCUT2D eigenvalue weighted by Crippen LogP contribution is 2.36. The number of urea groups is 1. The van der Waals surface area contributed by atoms with E-state index in [4.69, 9.17) is 25.8 Å². The molecular formula is C35H29ClN2O6. The van der Waals surface area contributed by atoms with Gasteiger partial charge in [-0.1, -0.05) is 66.2 Å². The molecule has 0 radical (unpaired) electrons. The maximum absolute atomic E-state index is 13.5. The molecule has 1 saturated heterocycles. The number of rotatable bonds is 11. The van der Waals surface area contributed by atoms with E-state index in [9.17, 15) is 14.4 Å². The first-order valence-electron chi connectivity index (χ1n) is 13.7. The topological polar surface area (TPSA) is 94.2 Å². The molecular weight excluding hydrogens is 580 g/mol. The number of methoxy groups -OCH3 is 1. The Morgan fingerprint density at radius 2 is 1.59 bits per heavy atom.